The number of halogens is 6. The van der Waals surface area contributed by atoms with Crippen LogP contribution in [0, 0.1) is 28.6 Å². The van der Waals surface area contributed by atoms with Crippen LogP contribution in [0.5, 0.6) is 0 Å². The topological polar surface area (TPSA) is 162 Å². The van der Waals surface area contributed by atoms with Gasteiger partial charge in [0.15, 0.2) is 0 Å². The van der Waals surface area contributed by atoms with Crippen molar-refractivity contribution in [3.63, 3.8) is 0 Å². The molecule has 0 aromatic heterocycles. The molecule has 18 heteroatoms. The van der Waals surface area contributed by atoms with Crippen molar-refractivity contribution in [2.45, 2.75) is 37.1 Å². The molecule has 0 bridgehead atoms. The predicted octanol–water partition coefficient (Wildman–Crippen LogP) is 1.82. The highest BCUT2D eigenvalue weighted by molar-refractivity contribution is 4.82. The minimum Gasteiger partial charge on any atom is -0.388 e. The van der Waals surface area contributed by atoms with Crippen LogP contribution in [-0.2, 0) is 37.9 Å². The molecule has 41 heavy (non-hydrogen) atoms. The van der Waals surface area contributed by atoms with Gasteiger partial charge in [0, 0.05) is 0 Å². The van der Waals surface area contributed by atoms with Crippen molar-refractivity contribution >= 4 is 0 Å². The second kappa shape index (κ2) is 21.6. The first kappa shape index (κ1) is 38.9. The second-order valence-corrected chi connectivity index (χ2v) is 8.07. The number of hydrogen-bond donors (Lipinski definition) is 2. The lowest BCUT2D eigenvalue weighted by atomic mass is 10.2. The van der Waals surface area contributed by atoms with Gasteiger partial charge in [0.2, 0.25) is 0 Å². The Morgan fingerprint density at radius 3 is 1.73 bits per heavy atom. The monoisotopic (exact) mass is 612 g/mol. The van der Waals surface area contributed by atoms with Crippen LogP contribution in [0.3, 0.4) is 0 Å². The predicted molar refractivity (Wildman–Crippen MR) is 123 cm³/mol. The first-order chi connectivity index (χ1) is 19.3. The van der Waals surface area contributed by atoms with E-state index >= 15 is 0 Å². The Bertz CT molecular complexity index is 785. The smallest absolute Gasteiger partial charge is 0.388 e. The fourth-order valence-corrected chi connectivity index (χ4v) is 2.47. The summed E-state index contributed by atoms with van der Waals surface area (Å²) >= 11 is 0. The molecule has 0 spiro atoms. The lowest BCUT2D eigenvalue weighted by molar-refractivity contribution is -0.518. The van der Waals surface area contributed by atoms with Crippen molar-refractivity contribution in [3.05, 3.63) is 12.7 Å². The minimum atomic E-state index is -5.46. The van der Waals surface area contributed by atoms with Crippen LogP contribution in [0.2, 0.25) is 0 Å². The molecule has 238 valence electrons. The van der Waals surface area contributed by atoms with Crippen molar-refractivity contribution in [1.82, 2.24) is 0 Å². The van der Waals surface area contributed by atoms with Crippen molar-refractivity contribution < 1.29 is 74.5 Å². The van der Waals surface area contributed by atoms with E-state index in [1.54, 1.807) is 6.07 Å². The summed E-state index contributed by atoms with van der Waals surface area (Å²) < 4.78 is 116. The van der Waals surface area contributed by atoms with E-state index in [-0.39, 0.29) is 52.7 Å². The molecule has 3 unspecified atom stereocenters. The summed E-state index contributed by atoms with van der Waals surface area (Å²) in [6, 6.07) is 3.71. The van der Waals surface area contributed by atoms with Gasteiger partial charge in [-0.05, 0) is 0 Å². The van der Waals surface area contributed by atoms with E-state index in [1.807, 2.05) is 6.07 Å². The molecular formula is C23H34F6N2O10. The van der Waals surface area contributed by atoms with E-state index in [0.717, 1.165) is 0 Å². The maximum absolute atomic E-state index is 13.6. The molecule has 0 aliphatic heterocycles. The number of aliphatic hydroxyl groups is 2. The zero-order valence-electron chi connectivity index (χ0n) is 22.0. The Kier molecular flexibility index (Phi) is 20.5. The van der Waals surface area contributed by atoms with E-state index in [2.05, 4.69) is 25.5 Å². The lowest BCUT2D eigenvalue weighted by Crippen LogP contribution is -2.44. The quantitative estimate of drug-likeness (QED) is 0.0600. The molecule has 0 rings (SSSR count). The van der Waals surface area contributed by atoms with Crippen molar-refractivity contribution in [2.75, 3.05) is 79.3 Å². The first-order valence-corrected chi connectivity index (χ1v) is 12.0. The number of rotatable bonds is 27. The highest BCUT2D eigenvalue weighted by atomic mass is 19.3. The summed E-state index contributed by atoms with van der Waals surface area (Å²) in [4.78, 5) is 0. The van der Waals surface area contributed by atoms with Crippen LogP contribution in [0.15, 0.2) is 12.7 Å². The molecule has 0 heterocycles. The summed E-state index contributed by atoms with van der Waals surface area (Å²) in [5.74, 6) is -0.580. The SMILES string of the molecule is C=CCOCC(C#N)COCC(O)COCCOCC(F)(F)OC(F)(F)OC(F)(F)COCC(O)COCCC#N. The molecule has 0 saturated carbocycles. The zero-order valence-corrected chi connectivity index (χ0v) is 22.0. The van der Waals surface area contributed by atoms with Crippen LogP contribution < -0.4 is 0 Å². The van der Waals surface area contributed by atoms with Crippen LogP contribution in [0.4, 0.5) is 26.3 Å². The molecule has 0 radical (unpaired) electrons. The Balaban J connectivity index is 4.16. The third-order valence-electron chi connectivity index (χ3n) is 4.10. The van der Waals surface area contributed by atoms with Crippen LogP contribution in [0.25, 0.3) is 0 Å². The molecule has 0 amide bonds. The van der Waals surface area contributed by atoms with Gasteiger partial charge in [0.1, 0.15) is 25.4 Å². The molecular weight excluding hydrogens is 578 g/mol. The summed E-state index contributed by atoms with van der Waals surface area (Å²) in [5, 5.41) is 36.4. The van der Waals surface area contributed by atoms with Crippen molar-refractivity contribution in [1.29, 1.82) is 10.5 Å². The third kappa shape index (κ3) is 23.2. The van der Waals surface area contributed by atoms with E-state index in [0.29, 0.717) is 0 Å². The summed E-state index contributed by atoms with van der Waals surface area (Å²) in [6.07, 6.45) is -16.0. The normalized spacial score (nSPS) is 14.7. The summed E-state index contributed by atoms with van der Waals surface area (Å²) in [7, 11) is 0. The van der Waals surface area contributed by atoms with Crippen molar-refractivity contribution in [2.24, 2.45) is 5.92 Å². The minimum absolute atomic E-state index is 0.0124. The molecule has 3 atom stereocenters. The van der Waals surface area contributed by atoms with Gasteiger partial charge < -0.3 is 38.6 Å². The van der Waals surface area contributed by atoms with Gasteiger partial charge in [-0.3, -0.25) is 0 Å². The molecule has 12 nitrogen and oxygen atoms in total. The van der Waals surface area contributed by atoms with Gasteiger partial charge in [0.05, 0.1) is 90.5 Å². The number of nitrogens with zero attached hydrogens (tertiary/aromatic N) is 2. The van der Waals surface area contributed by atoms with Gasteiger partial charge in [-0.25, -0.2) is 9.47 Å². The van der Waals surface area contributed by atoms with Gasteiger partial charge in [-0.1, -0.05) is 6.08 Å². The molecule has 0 fully saturated rings. The largest absolute Gasteiger partial charge is 0.495 e. The average molecular weight is 613 g/mol. The lowest BCUT2D eigenvalue weighted by Gasteiger charge is -2.26. The Morgan fingerprint density at radius 1 is 0.683 bits per heavy atom. The number of nitriles is 2. The molecule has 0 aromatic carbocycles. The summed E-state index contributed by atoms with van der Waals surface area (Å²) in [5.41, 5.74) is 0. The van der Waals surface area contributed by atoms with E-state index in [9.17, 15) is 36.6 Å². The summed E-state index contributed by atoms with van der Waals surface area (Å²) in [6.45, 7) is -2.49. The highest BCUT2D eigenvalue weighted by Gasteiger charge is 2.52. The van der Waals surface area contributed by atoms with Gasteiger partial charge in [0.25, 0.3) is 0 Å². The van der Waals surface area contributed by atoms with Crippen LogP contribution in [-0.4, -0.2) is 120 Å². The van der Waals surface area contributed by atoms with Gasteiger partial charge in [-0.15, -0.1) is 15.4 Å². The van der Waals surface area contributed by atoms with Crippen molar-refractivity contribution in [3.8, 4) is 12.1 Å². The van der Waals surface area contributed by atoms with Crippen LogP contribution in [0.1, 0.15) is 6.42 Å². The Hall–Kier alpha value is -2.10. The molecule has 2 N–H and O–H groups in total. The number of ether oxygens (including phenoxy) is 8. The average Bonchev–Trinajstić information content (AvgIpc) is 2.86. The number of alkyl halides is 6. The fraction of sp³-hybridized carbons (Fsp3) is 0.826. The molecule has 0 aromatic rings. The fourth-order valence-electron chi connectivity index (χ4n) is 2.47. The molecule has 0 aliphatic rings. The highest BCUT2D eigenvalue weighted by Crippen LogP contribution is 2.33. The third-order valence-corrected chi connectivity index (χ3v) is 4.10. The number of hydrogen-bond acceptors (Lipinski definition) is 12. The maximum atomic E-state index is 13.6. The first-order valence-electron chi connectivity index (χ1n) is 12.0. The number of aliphatic hydroxyl groups excluding tert-OH is 2. The van der Waals surface area contributed by atoms with E-state index < -0.39 is 69.7 Å². The van der Waals surface area contributed by atoms with Crippen LogP contribution >= 0.6 is 0 Å². The van der Waals surface area contributed by atoms with E-state index in [4.69, 9.17) is 29.5 Å². The second-order valence-electron chi connectivity index (χ2n) is 8.07. The standard InChI is InChI=1S/C23H34F6N2O10/c1-2-5-34-10-18(9-31)11-38-14-19(32)13-36-7-8-37-16-21(24,25)40-23(28,29)41-22(26,27)17-39-15-20(33)12-35-6-3-4-30/h2,18-20,32-33H,1,3,5-8,10-17H2. The molecule has 0 saturated heterocycles. The van der Waals surface area contributed by atoms with Gasteiger partial charge in [-0.2, -0.15) is 28.1 Å². The maximum Gasteiger partial charge on any atom is 0.495 e. The zero-order chi connectivity index (χ0) is 31.2. The van der Waals surface area contributed by atoms with Gasteiger partial charge >= 0.3 is 18.5 Å². The Morgan fingerprint density at radius 2 is 1.17 bits per heavy atom. The Labute approximate surface area is 232 Å². The van der Waals surface area contributed by atoms with E-state index in [1.165, 1.54) is 6.08 Å². The molecule has 0 aliphatic carbocycles.